The van der Waals surface area contributed by atoms with Crippen LogP contribution in [-0.2, 0) is 4.74 Å². The Labute approximate surface area is 174 Å². The maximum absolute atomic E-state index is 12.9. The van der Waals surface area contributed by atoms with E-state index >= 15 is 0 Å². The van der Waals surface area contributed by atoms with Crippen molar-refractivity contribution in [3.63, 3.8) is 0 Å². The van der Waals surface area contributed by atoms with E-state index in [2.05, 4.69) is 48.3 Å². The Balaban J connectivity index is 1.70. The molecule has 5 heteroatoms. The first-order chi connectivity index (χ1) is 14.2. The minimum Gasteiger partial charge on any atom is -0.493 e. The summed E-state index contributed by atoms with van der Waals surface area (Å²) >= 11 is 0. The maximum Gasteiger partial charge on any atom is 0.255 e. The van der Waals surface area contributed by atoms with Crippen molar-refractivity contribution in [3.05, 3.63) is 65.2 Å². The molecule has 0 spiro atoms. The Hall–Kier alpha value is -2.37. The predicted octanol–water partition coefficient (Wildman–Crippen LogP) is 3.98. The van der Waals surface area contributed by atoms with Gasteiger partial charge in [0.2, 0.25) is 0 Å². The van der Waals surface area contributed by atoms with Crippen molar-refractivity contribution in [2.24, 2.45) is 0 Å². The first-order valence-corrected chi connectivity index (χ1v) is 10.6. The zero-order valence-electron chi connectivity index (χ0n) is 17.5. The Morgan fingerprint density at radius 2 is 1.86 bits per heavy atom. The molecule has 0 saturated carbocycles. The molecule has 2 aromatic rings. The smallest absolute Gasteiger partial charge is 0.255 e. The van der Waals surface area contributed by atoms with Gasteiger partial charge in [-0.1, -0.05) is 55.3 Å². The molecular formula is C24H32N2O3. The van der Waals surface area contributed by atoms with E-state index in [1.54, 1.807) is 0 Å². The Kier molecular flexibility index (Phi) is 8.08. The summed E-state index contributed by atoms with van der Waals surface area (Å²) in [6, 6.07) is 16.2. The second kappa shape index (κ2) is 11.0. The van der Waals surface area contributed by atoms with Gasteiger partial charge in [-0.25, -0.2) is 0 Å². The third kappa shape index (κ3) is 6.05. The predicted molar refractivity (Wildman–Crippen MR) is 115 cm³/mol. The van der Waals surface area contributed by atoms with Crippen LogP contribution in [0.3, 0.4) is 0 Å². The Morgan fingerprint density at radius 1 is 1.14 bits per heavy atom. The van der Waals surface area contributed by atoms with Crippen LogP contribution in [0.5, 0.6) is 5.75 Å². The lowest BCUT2D eigenvalue weighted by atomic mass is 10.0. The van der Waals surface area contributed by atoms with Gasteiger partial charge >= 0.3 is 0 Å². The molecule has 1 N–H and O–H groups in total. The van der Waals surface area contributed by atoms with Gasteiger partial charge in [-0.3, -0.25) is 9.69 Å². The maximum atomic E-state index is 12.9. The fourth-order valence-electron chi connectivity index (χ4n) is 3.53. The van der Waals surface area contributed by atoms with Crippen molar-refractivity contribution < 1.29 is 14.3 Å². The number of rotatable bonds is 9. The highest BCUT2D eigenvalue weighted by atomic mass is 16.5. The monoisotopic (exact) mass is 396 g/mol. The van der Waals surface area contributed by atoms with Crippen LogP contribution in [0.4, 0.5) is 0 Å². The molecule has 3 rings (SSSR count). The lowest BCUT2D eigenvalue weighted by Gasteiger charge is -2.35. The van der Waals surface area contributed by atoms with Gasteiger partial charge < -0.3 is 14.8 Å². The van der Waals surface area contributed by atoms with E-state index in [0.29, 0.717) is 24.5 Å². The molecule has 0 radical (unpaired) electrons. The minimum absolute atomic E-state index is 0.0949. The van der Waals surface area contributed by atoms with Gasteiger partial charge in [0.05, 0.1) is 31.4 Å². The lowest BCUT2D eigenvalue weighted by molar-refractivity contribution is 0.0162. The number of carbonyl (C=O) groups is 1. The number of carbonyl (C=O) groups excluding carboxylic acids is 1. The van der Waals surface area contributed by atoms with Crippen LogP contribution in [0, 0.1) is 6.92 Å². The highest BCUT2D eigenvalue weighted by Crippen LogP contribution is 2.23. The summed E-state index contributed by atoms with van der Waals surface area (Å²) in [5.41, 5.74) is 3.04. The molecule has 156 valence electrons. The van der Waals surface area contributed by atoms with E-state index in [1.165, 1.54) is 11.1 Å². The average Bonchev–Trinajstić information content (AvgIpc) is 2.76. The van der Waals surface area contributed by atoms with Gasteiger partial charge in [-0.15, -0.1) is 0 Å². The standard InChI is InChI=1S/C24H32N2O3/c1-3-4-15-29-23-8-6-5-7-21(23)24(27)25-18-22(26-13-16-28-17-14-26)20-11-9-19(2)10-12-20/h5-12,22H,3-4,13-18H2,1-2H3,(H,25,27)/t22-/m0/s1. The Bertz CT molecular complexity index is 770. The van der Waals surface area contributed by atoms with E-state index in [-0.39, 0.29) is 11.9 Å². The van der Waals surface area contributed by atoms with Crippen LogP contribution < -0.4 is 10.1 Å². The number of unbranched alkanes of at least 4 members (excludes halogenated alkanes) is 1. The number of nitrogens with zero attached hydrogens (tertiary/aromatic N) is 1. The summed E-state index contributed by atoms with van der Waals surface area (Å²) in [5, 5.41) is 3.14. The molecule has 0 aliphatic carbocycles. The summed E-state index contributed by atoms with van der Waals surface area (Å²) in [6.45, 7) is 8.57. The molecule has 1 atom stereocenters. The zero-order chi connectivity index (χ0) is 20.5. The number of benzene rings is 2. The molecule has 1 aliphatic heterocycles. The van der Waals surface area contributed by atoms with Crippen molar-refractivity contribution in [3.8, 4) is 5.75 Å². The average molecular weight is 397 g/mol. The van der Waals surface area contributed by atoms with Crippen molar-refractivity contribution in [1.29, 1.82) is 0 Å². The molecule has 1 aliphatic rings. The highest BCUT2D eigenvalue weighted by Gasteiger charge is 2.24. The van der Waals surface area contributed by atoms with Crippen LogP contribution >= 0.6 is 0 Å². The highest BCUT2D eigenvalue weighted by molar-refractivity contribution is 5.96. The number of aryl methyl sites for hydroxylation is 1. The van der Waals surface area contributed by atoms with Crippen molar-refractivity contribution in [2.75, 3.05) is 39.5 Å². The van der Waals surface area contributed by atoms with Gasteiger partial charge in [0.15, 0.2) is 0 Å². The molecule has 1 heterocycles. The van der Waals surface area contributed by atoms with Crippen LogP contribution in [0.15, 0.2) is 48.5 Å². The second-order valence-electron chi connectivity index (χ2n) is 7.48. The molecule has 0 bridgehead atoms. The van der Waals surface area contributed by atoms with Crippen LogP contribution in [0.2, 0.25) is 0 Å². The van der Waals surface area contributed by atoms with Crippen molar-refractivity contribution in [2.45, 2.75) is 32.7 Å². The van der Waals surface area contributed by atoms with E-state index < -0.39 is 0 Å². The molecule has 1 saturated heterocycles. The van der Waals surface area contributed by atoms with Gasteiger partial charge in [-0.2, -0.15) is 0 Å². The quantitative estimate of drug-likeness (QED) is 0.652. The first-order valence-electron chi connectivity index (χ1n) is 10.6. The number of amides is 1. The second-order valence-corrected chi connectivity index (χ2v) is 7.48. The van der Waals surface area contributed by atoms with E-state index in [0.717, 1.165) is 39.1 Å². The SMILES string of the molecule is CCCCOc1ccccc1C(=O)NC[C@@H](c1ccc(C)cc1)N1CCOCC1. The molecule has 0 unspecified atom stereocenters. The molecular weight excluding hydrogens is 364 g/mol. The van der Waals surface area contributed by atoms with E-state index in [1.807, 2.05) is 24.3 Å². The topological polar surface area (TPSA) is 50.8 Å². The summed E-state index contributed by atoms with van der Waals surface area (Å²) in [6.07, 6.45) is 2.04. The number of nitrogens with one attached hydrogen (secondary N) is 1. The van der Waals surface area contributed by atoms with Crippen LogP contribution in [0.1, 0.15) is 47.3 Å². The minimum atomic E-state index is -0.0949. The molecule has 1 amide bonds. The third-order valence-corrected chi connectivity index (χ3v) is 5.29. The van der Waals surface area contributed by atoms with Gasteiger partial charge in [0, 0.05) is 19.6 Å². The number of hydrogen-bond donors (Lipinski definition) is 1. The summed E-state index contributed by atoms with van der Waals surface area (Å²) < 4.78 is 11.3. The number of hydrogen-bond acceptors (Lipinski definition) is 4. The molecule has 0 aromatic heterocycles. The van der Waals surface area contributed by atoms with Crippen LogP contribution in [0.25, 0.3) is 0 Å². The normalized spacial score (nSPS) is 15.7. The number of morpholine rings is 1. The van der Waals surface area contributed by atoms with Gasteiger partial charge in [0.1, 0.15) is 5.75 Å². The Morgan fingerprint density at radius 3 is 2.59 bits per heavy atom. The fourth-order valence-corrected chi connectivity index (χ4v) is 3.53. The molecule has 29 heavy (non-hydrogen) atoms. The summed E-state index contributed by atoms with van der Waals surface area (Å²) in [4.78, 5) is 15.3. The summed E-state index contributed by atoms with van der Waals surface area (Å²) in [5.74, 6) is 0.555. The first kappa shape index (κ1) is 21.3. The fraction of sp³-hybridized carbons (Fsp3) is 0.458. The van der Waals surface area contributed by atoms with Crippen LogP contribution in [-0.4, -0.2) is 50.3 Å². The zero-order valence-corrected chi connectivity index (χ0v) is 17.5. The molecule has 2 aromatic carbocycles. The third-order valence-electron chi connectivity index (χ3n) is 5.29. The number of para-hydroxylation sites is 1. The largest absolute Gasteiger partial charge is 0.493 e. The van der Waals surface area contributed by atoms with Crippen molar-refractivity contribution >= 4 is 5.91 Å². The van der Waals surface area contributed by atoms with Gasteiger partial charge in [0.25, 0.3) is 5.91 Å². The number of ether oxygens (including phenoxy) is 2. The van der Waals surface area contributed by atoms with Crippen molar-refractivity contribution in [1.82, 2.24) is 10.2 Å². The van der Waals surface area contributed by atoms with E-state index in [4.69, 9.17) is 9.47 Å². The lowest BCUT2D eigenvalue weighted by Crippen LogP contribution is -2.43. The molecule has 5 nitrogen and oxygen atoms in total. The molecule has 1 fully saturated rings. The summed E-state index contributed by atoms with van der Waals surface area (Å²) in [7, 11) is 0. The van der Waals surface area contributed by atoms with E-state index in [9.17, 15) is 4.79 Å². The van der Waals surface area contributed by atoms with Gasteiger partial charge in [-0.05, 0) is 31.0 Å².